The Labute approximate surface area is 122 Å². The van der Waals surface area contributed by atoms with Crippen molar-refractivity contribution in [3.63, 3.8) is 0 Å². The van der Waals surface area contributed by atoms with Crippen molar-refractivity contribution in [2.45, 2.75) is 18.7 Å². The van der Waals surface area contributed by atoms with Crippen molar-refractivity contribution in [1.82, 2.24) is 0 Å². The van der Waals surface area contributed by atoms with Gasteiger partial charge in [-0.2, -0.15) is 0 Å². The molecule has 1 fully saturated rings. The first-order valence-corrected chi connectivity index (χ1v) is 7.66. The van der Waals surface area contributed by atoms with Crippen LogP contribution in [-0.4, -0.2) is 26.8 Å². The summed E-state index contributed by atoms with van der Waals surface area (Å²) in [5, 5.41) is 0. The van der Waals surface area contributed by atoms with E-state index in [2.05, 4.69) is 46.1 Å². The van der Waals surface area contributed by atoms with E-state index in [1.165, 1.54) is 18.5 Å². The van der Waals surface area contributed by atoms with E-state index >= 15 is 0 Å². The van der Waals surface area contributed by atoms with E-state index in [0.29, 0.717) is 11.8 Å². The van der Waals surface area contributed by atoms with E-state index in [1.54, 1.807) is 0 Å². The Morgan fingerprint density at radius 1 is 1.50 bits per heavy atom. The number of nitrogens with zero attached hydrogens (tertiary/aromatic N) is 1. The van der Waals surface area contributed by atoms with Crippen LogP contribution >= 0.6 is 27.5 Å². The Morgan fingerprint density at radius 3 is 2.94 bits per heavy atom. The van der Waals surface area contributed by atoms with Crippen molar-refractivity contribution in [3.05, 3.63) is 28.2 Å². The van der Waals surface area contributed by atoms with Crippen LogP contribution in [0, 0.1) is 5.92 Å². The molecule has 4 heteroatoms. The summed E-state index contributed by atoms with van der Waals surface area (Å²) < 4.78 is 6.64. The minimum absolute atomic E-state index is 0.555. The molecule has 1 aromatic rings. The zero-order valence-corrected chi connectivity index (χ0v) is 13.0. The maximum Gasteiger partial charge on any atom is 0.0511 e. The Hall–Kier alpha value is -0.250. The molecule has 0 aliphatic carbocycles. The van der Waals surface area contributed by atoms with Crippen LogP contribution in [0.5, 0.6) is 0 Å². The predicted octanol–water partition coefficient (Wildman–Crippen LogP) is 4.05. The van der Waals surface area contributed by atoms with Crippen molar-refractivity contribution in [2.24, 2.45) is 5.92 Å². The van der Waals surface area contributed by atoms with Gasteiger partial charge in [-0.1, -0.05) is 6.07 Å². The highest BCUT2D eigenvalue weighted by molar-refractivity contribution is 9.10. The van der Waals surface area contributed by atoms with Crippen LogP contribution in [0.3, 0.4) is 0 Å². The van der Waals surface area contributed by atoms with Crippen LogP contribution in [0.4, 0.5) is 5.69 Å². The first-order chi connectivity index (χ1) is 8.70. The van der Waals surface area contributed by atoms with Gasteiger partial charge in [0.2, 0.25) is 0 Å². The fourth-order valence-electron chi connectivity index (χ4n) is 2.38. The third kappa shape index (κ3) is 3.62. The van der Waals surface area contributed by atoms with Gasteiger partial charge in [-0.05, 0) is 52.4 Å². The van der Waals surface area contributed by atoms with Gasteiger partial charge in [-0.25, -0.2) is 0 Å². The normalized spacial score (nSPS) is 19.8. The maximum absolute atomic E-state index is 5.84. The lowest BCUT2D eigenvalue weighted by Gasteiger charge is -2.29. The molecule has 1 unspecified atom stereocenters. The molecule has 1 saturated heterocycles. The summed E-state index contributed by atoms with van der Waals surface area (Å²) in [6, 6.07) is 6.31. The van der Waals surface area contributed by atoms with E-state index < -0.39 is 0 Å². The lowest BCUT2D eigenvalue weighted by Crippen LogP contribution is -2.31. The van der Waals surface area contributed by atoms with Crippen molar-refractivity contribution >= 4 is 33.2 Å². The highest BCUT2D eigenvalue weighted by Crippen LogP contribution is 2.28. The van der Waals surface area contributed by atoms with Gasteiger partial charge >= 0.3 is 0 Å². The fourth-order valence-corrected chi connectivity index (χ4v) is 3.28. The third-order valence-corrected chi connectivity index (χ3v) is 4.31. The zero-order chi connectivity index (χ0) is 13.0. The van der Waals surface area contributed by atoms with E-state index in [4.69, 9.17) is 16.3 Å². The molecule has 18 heavy (non-hydrogen) atoms. The molecule has 0 N–H and O–H groups in total. The van der Waals surface area contributed by atoms with Gasteiger partial charge in [0.15, 0.2) is 0 Å². The van der Waals surface area contributed by atoms with Gasteiger partial charge in [-0.3, -0.25) is 0 Å². The molecule has 0 saturated carbocycles. The Morgan fingerprint density at radius 2 is 2.33 bits per heavy atom. The minimum atomic E-state index is 0.555. The molecule has 0 spiro atoms. The standard InChI is InChI=1S/C14H19BrClNO/c1-17(9-12-3-2-6-18-10-12)14-5-4-11(8-16)7-13(14)15/h4-5,7,12H,2-3,6,8-10H2,1H3. The highest BCUT2D eigenvalue weighted by atomic mass is 79.9. The van der Waals surface area contributed by atoms with Gasteiger partial charge in [-0.15, -0.1) is 11.6 Å². The number of ether oxygens (including phenoxy) is 1. The number of anilines is 1. The summed E-state index contributed by atoms with van der Waals surface area (Å²) in [7, 11) is 2.13. The monoisotopic (exact) mass is 331 g/mol. The van der Waals surface area contributed by atoms with Gasteiger partial charge < -0.3 is 9.64 Å². The SMILES string of the molecule is CN(CC1CCCOC1)c1ccc(CCl)cc1Br. The number of halogens is 2. The Bertz CT molecular complexity index is 393. The molecule has 0 aromatic heterocycles. The third-order valence-electron chi connectivity index (χ3n) is 3.36. The largest absolute Gasteiger partial charge is 0.381 e. The van der Waals surface area contributed by atoms with E-state index in [1.807, 2.05) is 0 Å². The summed E-state index contributed by atoms with van der Waals surface area (Å²) in [5.74, 6) is 1.20. The molecule has 0 amide bonds. The molecule has 1 aliphatic heterocycles. The van der Waals surface area contributed by atoms with E-state index in [9.17, 15) is 0 Å². The van der Waals surface area contributed by atoms with E-state index in [0.717, 1.165) is 29.8 Å². The lowest BCUT2D eigenvalue weighted by molar-refractivity contribution is 0.0576. The number of rotatable bonds is 4. The molecule has 1 atom stereocenters. The molecule has 1 heterocycles. The molecule has 1 aromatic carbocycles. The van der Waals surface area contributed by atoms with Crippen LogP contribution in [0.25, 0.3) is 0 Å². The Kier molecular flexibility index (Phi) is 5.34. The summed E-state index contributed by atoms with van der Waals surface area (Å²) in [5.41, 5.74) is 2.36. The molecule has 0 radical (unpaired) electrons. The quantitative estimate of drug-likeness (QED) is 0.771. The maximum atomic E-state index is 5.84. The highest BCUT2D eigenvalue weighted by Gasteiger charge is 2.17. The molecule has 2 nitrogen and oxygen atoms in total. The first-order valence-electron chi connectivity index (χ1n) is 6.34. The van der Waals surface area contributed by atoms with Gasteiger partial charge in [0, 0.05) is 30.6 Å². The number of benzene rings is 1. The second kappa shape index (κ2) is 6.78. The second-order valence-corrected chi connectivity index (χ2v) is 6.00. The van der Waals surface area contributed by atoms with Crippen molar-refractivity contribution in [3.8, 4) is 0 Å². The second-order valence-electron chi connectivity index (χ2n) is 4.88. The molecular weight excluding hydrogens is 314 g/mol. The fraction of sp³-hybridized carbons (Fsp3) is 0.571. The van der Waals surface area contributed by atoms with Crippen LogP contribution in [-0.2, 0) is 10.6 Å². The smallest absolute Gasteiger partial charge is 0.0511 e. The topological polar surface area (TPSA) is 12.5 Å². The first kappa shape index (κ1) is 14.2. The molecule has 0 bridgehead atoms. The lowest BCUT2D eigenvalue weighted by atomic mass is 10.0. The molecular formula is C14H19BrClNO. The van der Waals surface area contributed by atoms with Crippen molar-refractivity contribution in [2.75, 3.05) is 31.7 Å². The van der Waals surface area contributed by atoms with Crippen LogP contribution in [0.2, 0.25) is 0 Å². The minimum Gasteiger partial charge on any atom is -0.381 e. The summed E-state index contributed by atoms with van der Waals surface area (Å²) in [4.78, 5) is 2.29. The summed E-state index contributed by atoms with van der Waals surface area (Å²) in [6.07, 6.45) is 2.45. The van der Waals surface area contributed by atoms with Gasteiger partial charge in [0.05, 0.1) is 12.3 Å². The number of hydrogen-bond acceptors (Lipinski definition) is 2. The van der Waals surface area contributed by atoms with Crippen molar-refractivity contribution < 1.29 is 4.74 Å². The molecule has 2 rings (SSSR count). The number of hydrogen-bond donors (Lipinski definition) is 0. The zero-order valence-electron chi connectivity index (χ0n) is 10.7. The Balaban J connectivity index is 2.01. The molecule has 100 valence electrons. The van der Waals surface area contributed by atoms with E-state index in [-0.39, 0.29) is 0 Å². The number of alkyl halides is 1. The van der Waals surface area contributed by atoms with Crippen LogP contribution in [0.15, 0.2) is 22.7 Å². The summed E-state index contributed by atoms with van der Waals surface area (Å²) >= 11 is 9.46. The van der Waals surface area contributed by atoms with Crippen LogP contribution < -0.4 is 4.90 Å². The average molecular weight is 333 g/mol. The van der Waals surface area contributed by atoms with Gasteiger partial charge in [0.25, 0.3) is 0 Å². The molecule has 1 aliphatic rings. The average Bonchev–Trinajstić information content (AvgIpc) is 2.39. The summed E-state index contributed by atoms with van der Waals surface area (Å²) in [6.45, 7) is 2.86. The van der Waals surface area contributed by atoms with Crippen LogP contribution in [0.1, 0.15) is 18.4 Å². The van der Waals surface area contributed by atoms with Crippen molar-refractivity contribution in [1.29, 1.82) is 0 Å². The van der Waals surface area contributed by atoms with Gasteiger partial charge in [0.1, 0.15) is 0 Å². The predicted molar refractivity (Wildman–Crippen MR) is 80.5 cm³/mol.